The summed E-state index contributed by atoms with van der Waals surface area (Å²) in [5, 5.41) is 12.3. The standard InChI is InChI=1S/C64H86N8O8/c1-45(65-3)59(73)67-57(51-21-13-7-14-22-51)63(77)71-37-39-79-43-55(71)41-69(35-33-47-17-9-5-10-18-47)61(75)53-29-25-49(26-30-53)50-27-31-54(32-28-50)62(76)70(36-34-48-19-11-6-12-20-48)42-56-44-80-40-38-72(56)64(78)58(52-23-15-8-16-24-52)68-60(74)46(2)66-4/h5-6,9-12,17-20,25-32,45-46,51-52,55-58,65-66H,7-8,13-16,21-24,33-44H2,1-4H3,(H,67,73)(H,68,74)/t45-,46-,55+,56+,57-,58-/m0/s1. The van der Waals surface area contributed by atoms with Gasteiger partial charge in [-0.3, -0.25) is 28.8 Å². The van der Waals surface area contributed by atoms with E-state index in [-0.39, 0.29) is 73.6 Å². The van der Waals surface area contributed by atoms with Crippen LogP contribution < -0.4 is 21.3 Å². The minimum Gasteiger partial charge on any atom is -0.377 e. The summed E-state index contributed by atoms with van der Waals surface area (Å²) in [7, 11) is 3.47. The summed E-state index contributed by atoms with van der Waals surface area (Å²) in [6.45, 7) is 6.95. The molecule has 2 heterocycles. The highest BCUT2D eigenvalue weighted by atomic mass is 16.5. The number of ether oxygens (including phenoxy) is 2. The number of amides is 6. The summed E-state index contributed by atoms with van der Waals surface area (Å²) < 4.78 is 12.0. The molecular weight excluding hydrogens is 1010 g/mol. The molecule has 4 aromatic carbocycles. The summed E-state index contributed by atoms with van der Waals surface area (Å²) in [6, 6.07) is 32.1. The first-order chi connectivity index (χ1) is 38.9. The number of nitrogens with one attached hydrogen (secondary N) is 4. The van der Waals surface area contributed by atoms with Crippen molar-refractivity contribution in [3.05, 3.63) is 131 Å². The molecule has 8 rings (SSSR count). The molecule has 2 saturated heterocycles. The molecule has 0 bridgehead atoms. The maximum atomic E-state index is 14.7. The van der Waals surface area contributed by atoms with Crippen molar-refractivity contribution in [2.45, 2.75) is 127 Å². The van der Waals surface area contributed by atoms with E-state index in [0.717, 1.165) is 86.5 Å². The Labute approximate surface area is 474 Å². The first kappa shape index (κ1) is 59.7. The summed E-state index contributed by atoms with van der Waals surface area (Å²) in [5.41, 5.74) is 4.93. The molecule has 6 amide bonds. The second kappa shape index (κ2) is 29.8. The molecule has 6 atom stereocenters. The number of benzene rings is 4. The van der Waals surface area contributed by atoms with Crippen LogP contribution in [0.4, 0.5) is 0 Å². The van der Waals surface area contributed by atoms with Crippen LogP contribution in [0.3, 0.4) is 0 Å². The van der Waals surface area contributed by atoms with Crippen LogP contribution in [0.2, 0.25) is 0 Å². The van der Waals surface area contributed by atoms with Crippen LogP contribution in [0.1, 0.15) is 110 Å². The van der Waals surface area contributed by atoms with Crippen LogP contribution >= 0.6 is 0 Å². The van der Waals surface area contributed by atoms with Crippen molar-refractivity contribution >= 4 is 35.4 Å². The molecule has 4 aliphatic rings. The zero-order valence-corrected chi connectivity index (χ0v) is 47.6. The predicted molar refractivity (Wildman–Crippen MR) is 311 cm³/mol. The normalized spacial score (nSPS) is 19.7. The van der Waals surface area contributed by atoms with Gasteiger partial charge >= 0.3 is 0 Å². The van der Waals surface area contributed by atoms with Crippen LogP contribution in [0.5, 0.6) is 0 Å². The van der Waals surface area contributed by atoms with Gasteiger partial charge in [0.15, 0.2) is 0 Å². The Morgan fingerprint density at radius 3 is 1.23 bits per heavy atom. The maximum Gasteiger partial charge on any atom is 0.253 e. The molecule has 2 aliphatic heterocycles. The van der Waals surface area contributed by atoms with Gasteiger partial charge in [0.2, 0.25) is 23.6 Å². The fourth-order valence-electron chi connectivity index (χ4n) is 11.9. The molecule has 16 nitrogen and oxygen atoms in total. The quantitative estimate of drug-likeness (QED) is 0.0639. The monoisotopic (exact) mass is 1090 g/mol. The number of nitrogens with zero attached hydrogens (tertiary/aromatic N) is 4. The van der Waals surface area contributed by atoms with E-state index in [1.807, 2.05) is 129 Å². The van der Waals surface area contributed by atoms with E-state index in [4.69, 9.17) is 9.47 Å². The largest absolute Gasteiger partial charge is 0.377 e. The van der Waals surface area contributed by atoms with Crippen molar-refractivity contribution < 1.29 is 38.2 Å². The van der Waals surface area contributed by atoms with Gasteiger partial charge in [-0.2, -0.15) is 0 Å². The van der Waals surface area contributed by atoms with E-state index in [2.05, 4.69) is 21.3 Å². The van der Waals surface area contributed by atoms with Crippen molar-refractivity contribution in [2.75, 3.05) is 79.8 Å². The van der Waals surface area contributed by atoms with Crippen molar-refractivity contribution in [1.82, 2.24) is 40.9 Å². The van der Waals surface area contributed by atoms with Crippen molar-refractivity contribution in [1.29, 1.82) is 0 Å². The summed E-state index contributed by atoms with van der Waals surface area (Å²) >= 11 is 0. The van der Waals surface area contributed by atoms with Crippen molar-refractivity contribution in [2.24, 2.45) is 11.8 Å². The molecule has 0 aromatic heterocycles. The lowest BCUT2D eigenvalue weighted by molar-refractivity contribution is -0.147. The fraction of sp³-hybridized carbons (Fsp3) is 0.531. The third-order valence-corrected chi connectivity index (χ3v) is 17.1. The van der Waals surface area contributed by atoms with E-state index in [0.29, 0.717) is 63.4 Å². The van der Waals surface area contributed by atoms with Gasteiger partial charge in [0.25, 0.3) is 11.8 Å². The van der Waals surface area contributed by atoms with Gasteiger partial charge in [-0.05, 0) is 125 Å². The van der Waals surface area contributed by atoms with Crippen LogP contribution in [-0.2, 0) is 41.5 Å². The highest BCUT2D eigenvalue weighted by Gasteiger charge is 2.41. The third kappa shape index (κ3) is 15.9. The highest BCUT2D eigenvalue weighted by Crippen LogP contribution is 2.31. The van der Waals surface area contributed by atoms with Gasteiger partial charge in [0.05, 0.1) is 50.6 Å². The molecule has 4 fully saturated rings. The first-order valence-electron chi connectivity index (χ1n) is 29.5. The van der Waals surface area contributed by atoms with Gasteiger partial charge in [0.1, 0.15) is 12.1 Å². The lowest BCUT2D eigenvalue weighted by atomic mass is 9.83. The van der Waals surface area contributed by atoms with Crippen LogP contribution in [0.25, 0.3) is 11.1 Å². The van der Waals surface area contributed by atoms with E-state index in [1.165, 1.54) is 0 Å². The molecule has 4 N–H and O–H groups in total. The number of likely N-dealkylation sites (N-methyl/N-ethyl adjacent to an activating group) is 2. The van der Waals surface area contributed by atoms with Crippen LogP contribution in [-0.4, -0.2) is 171 Å². The van der Waals surface area contributed by atoms with Gasteiger partial charge in [0, 0.05) is 50.4 Å². The number of hydrogen-bond acceptors (Lipinski definition) is 10. The lowest BCUT2D eigenvalue weighted by Gasteiger charge is -2.42. The number of carbonyl (C=O) groups is 6. The van der Waals surface area contributed by atoms with Gasteiger partial charge < -0.3 is 50.3 Å². The minimum atomic E-state index is -0.662. The SMILES string of the molecule is CN[C@@H](C)C(=O)N[C@H](C(=O)N1CCOC[C@H]1CN(CCc1ccccc1)C(=O)c1ccc(-c2ccc(C(=O)N(CCc3ccccc3)C[C@@H]3COCCN3C(=O)[C@@H](NC(=O)[C@H](C)NC)C3CCCCC3)cc2)cc1)C1CCCCC1. The molecule has 430 valence electrons. The molecule has 0 spiro atoms. The minimum absolute atomic E-state index is 0.0322. The zero-order chi connectivity index (χ0) is 56.4. The Bertz CT molecular complexity index is 2450. The lowest BCUT2D eigenvalue weighted by Crippen LogP contribution is -2.61. The number of hydrogen-bond donors (Lipinski definition) is 4. The topological polar surface area (TPSA) is 182 Å². The number of morpholine rings is 2. The average molecular weight is 1100 g/mol. The molecule has 0 radical (unpaired) electrons. The molecular formula is C64H86N8O8. The Morgan fingerprint density at radius 2 is 0.875 bits per heavy atom. The third-order valence-electron chi connectivity index (χ3n) is 17.1. The fourth-order valence-corrected chi connectivity index (χ4v) is 11.9. The van der Waals surface area contributed by atoms with Crippen LogP contribution in [0.15, 0.2) is 109 Å². The van der Waals surface area contributed by atoms with E-state index < -0.39 is 36.3 Å². The van der Waals surface area contributed by atoms with E-state index in [9.17, 15) is 28.8 Å². The first-order valence-corrected chi connectivity index (χ1v) is 29.5. The van der Waals surface area contributed by atoms with Gasteiger partial charge in [-0.1, -0.05) is 123 Å². The second-order valence-corrected chi connectivity index (χ2v) is 22.4. The van der Waals surface area contributed by atoms with Crippen molar-refractivity contribution in [3.8, 4) is 11.1 Å². The summed E-state index contributed by atoms with van der Waals surface area (Å²) in [4.78, 5) is 92.9. The Morgan fingerprint density at radius 1 is 0.512 bits per heavy atom. The molecule has 4 aromatic rings. The highest BCUT2D eigenvalue weighted by molar-refractivity contribution is 5.96. The molecule has 16 heteroatoms. The Hall–Kier alpha value is -6.46. The maximum absolute atomic E-state index is 14.7. The van der Waals surface area contributed by atoms with Gasteiger partial charge in [-0.25, -0.2) is 0 Å². The zero-order valence-electron chi connectivity index (χ0n) is 47.6. The molecule has 0 unspecified atom stereocenters. The predicted octanol–water partition coefficient (Wildman–Crippen LogP) is 6.52. The van der Waals surface area contributed by atoms with E-state index in [1.54, 1.807) is 27.9 Å². The number of rotatable bonds is 23. The molecule has 80 heavy (non-hydrogen) atoms. The smallest absolute Gasteiger partial charge is 0.253 e. The Kier molecular flexibility index (Phi) is 22.3. The molecule has 2 saturated carbocycles. The molecule has 2 aliphatic carbocycles. The van der Waals surface area contributed by atoms with Crippen LogP contribution in [0, 0.1) is 11.8 Å². The summed E-state index contributed by atoms with van der Waals surface area (Å²) in [5.74, 6) is -0.913. The number of carbonyl (C=O) groups excluding carboxylic acids is 6. The van der Waals surface area contributed by atoms with E-state index >= 15 is 0 Å². The van der Waals surface area contributed by atoms with Gasteiger partial charge in [-0.15, -0.1) is 0 Å². The van der Waals surface area contributed by atoms with Crippen molar-refractivity contribution in [3.63, 3.8) is 0 Å². The second-order valence-electron chi connectivity index (χ2n) is 22.4. The Balaban J connectivity index is 0.985. The summed E-state index contributed by atoms with van der Waals surface area (Å²) in [6.07, 6.45) is 11.0. The average Bonchev–Trinajstić information content (AvgIpc) is 3.55.